The average Bonchev–Trinajstić information content (AvgIpc) is 2.52. The van der Waals surface area contributed by atoms with E-state index in [1.165, 1.54) is 0 Å². The molecule has 1 saturated heterocycles. The molecule has 0 spiro atoms. The standard InChI is InChI=1S/C17H26N2O3/c1-13(2)12-22-15-6-5-14(11-16(15)21-4)17(20)19-9-7-18(3)8-10-19/h5-6,11,13H,7-10,12H2,1-4H3. The number of amides is 1. The number of rotatable bonds is 5. The molecule has 1 fully saturated rings. The van der Waals surface area contributed by atoms with E-state index in [9.17, 15) is 4.79 Å². The molecule has 0 aliphatic carbocycles. The third-order valence-corrected chi connectivity index (χ3v) is 3.77. The zero-order valence-corrected chi connectivity index (χ0v) is 14.0. The Bertz CT molecular complexity index is 509. The van der Waals surface area contributed by atoms with Crippen molar-refractivity contribution in [3.8, 4) is 11.5 Å². The van der Waals surface area contributed by atoms with Crippen molar-refractivity contribution in [2.24, 2.45) is 5.92 Å². The van der Waals surface area contributed by atoms with Gasteiger partial charge in [-0.05, 0) is 31.2 Å². The molecule has 1 amide bonds. The molecule has 5 nitrogen and oxygen atoms in total. The van der Waals surface area contributed by atoms with E-state index in [-0.39, 0.29) is 5.91 Å². The van der Waals surface area contributed by atoms with Gasteiger partial charge in [-0.3, -0.25) is 4.79 Å². The highest BCUT2D eigenvalue weighted by Crippen LogP contribution is 2.29. The summed E-state index contributed by atoms with van der Waals surface area (Å²) < 4.78 is 11.1. The van der Waals surface area contributed by atoms with Gasteiger partial charge in [-0.2, -0.15) is 0 Å². The molecule has 1 heterocycles. The minimum atomic E-state index is 0.0572. The van der Waals surface area contributed by atoms with E-state index in [0.717, 1.165) is 26.2 Å². The maximum atomic E-state index is 12.6. The molecule has 0 aromatic heterocycles. The van der Waals surface area contributed by atoms with Gasteiger partial charge >= 0.3 is 0 Å². The van der Waals surface area contributed by atoms with Crippen molar-refractivity contribution in [1.82, 2.24) is 9.80 Å². The van der Waals surface area contributed by atoms with Crippen molar-refractivity contribution in [3.63, 3.8) is 0 Å². The fourth-order valence-electron chi connectivity index (χ4n) is 2.37. The highest BCUT2D eigenvalue weighted by Gasteiger charge is 2.21. The summed E-state index contributed by atoms with van der Waals surface area (Å²) in [6.45, 7) is 8.18. The summed E-state index contributed by atoms with van der Waals surface area (Å²) >= 11 is 0. The largest absolute Gasteiger partial charge is 0.493 e. The van der Waals surface area contributed by atoms with Gasteiger partial charge in [0, 0.05) is 31.7 Å². The quantitative estimate of drug-likeness (QED) is 0.835. The van der Waals surface area contributed by atoms with Crippen LogP contribution in [0.1, 0.15) is 24.2 Å². The Balaban J connectivity index is 2.09. The van der Waals surface area contributed by atoms with Crippen LogP contribution in [0.4, 0.5) is 0 Å². The Hall–Kier alpha value is -1.75. The first-order valence-corrected chi connectivity index (χ1v) is 7.80. The fourth-order valence-corrected chi connectivity index (χ4v) is 2.37. The molecule has 0 atom stereocenters. The van der Waals surface area contributed by atoms with Crippen LogP contribution in [0, 0.1) is 5.92 Å². The highest BCUT2D eigenvalue weighted by atomic mass is 16.5. The molecule has 0 radical (unpaired) electrons. The van der Waals surface area contributed by atoms with Crippen molar-refractivity contribution in [2.75, 3.05) is 46.9 Å². The number of hydrogen-bond donors (Lipinski definition) is 0. The molecular formula is C17H26N2O3. The first-order valence-electron chi connectivity index (χ1n) is 7.80. The monoisotopic (exact) mass is 306 g/mol. The lowest BCUT2D eigenvalue weighted by Crippen LogP contribution is -2.47. The Labute approximate surface area is 132 Å². The smallest absolute Gasteiger partial charge is 0.254 e. The second kappa shape index (κ2) is 7.49. The van der Waals surface area contributed by atoms with Crippen LogP contribution >= 0.6 is 0 Å². The maximum Gasteiger partial charge on any atom is 0.254 e. The molecule has 0 N–H and O–H groups in total. The molecule has 0 bridgehead atoms. The summed E-state index contributed by atoms with van der Waals surface area (Å²) in [6.07, 6.45) is 0. The lowest BCUT2D eigenvalue weighted by Gasteiger charge is -2.32. The Morgan fingerprint density at radius 2 is 1.86 bits per heavy atom. The van der Waals surface area contributed by atoms with Gasteiger partial charge in [-0.25, -0.2) is 0 Å². The number of benzene rings is 1. The number of ether oxygens (including phenoxy) is 2. The molecule has 122 valence electrons. The van der Waals surface area contributed by atoms with Gasteiger partial charge in [0.25, 0.3) is 5.91 Å². The van der Waals surface area contributed by atoms with Gasteiger partial charge in [0.05, 0.1) is 13.7 Å². The van der Waals surface area contributed by atoms with Gasteiger partial charge in [0.2, 0.25) is 0 Å². The van der Waals surface area contributed by atoms with Crippen LogP contribution in [-0.4, -0.2) is 62.7 Å². The van der Waals surface area contributed by atoms with E-state index >= 15 is 0 Å². The maximum absolute atomic E-state index is 12.6. The molecule has 1 aromatic rings. The van der Waals surface area contributed by atoms with Crippen LogP contribution in [0.25, 0.3) is 0 Å². The van der Waals surface area contributed by atoms with Crippen LogP contribution in [0.5, 0.6) is 11.5 Å². The number of nitrogens with zero attached hydrogens (tertiary/aromatic N) is 2. The Kier molecular flexibility index (Phi) is 5.66. The lowest BCUT2D eigenvalue weighted by molar-refractivity contribution is 0.0663. The van der Waals surface area contributed by atoms with Crippen LogP contribution in [0.2, 0.25) is 0 Å². The van der Waals surface area contributed by atoms with Crippen molar-refractivity contribution in [1.29, 1.82) is 0 Å². The topological polar surface area (TPSA) is 42.0 Å². The summed E-state index contributed by atoms with van der Waals surface area (Å²) in [6, 6.07) is 5.42. The third-order valence-electron chi connectivity index (χ3n) is 3.77. The van der Waals surface area contributed by atoms with Crippen molar-refractivity contribution in [2.45, 2.75) is 13.8 Å². The summed E-state index contributed by atoms with van der Waals surface area (Å²) in [7, 11) is 3.67. The van der Waals surface area contributed by atoms with E-state index < -0.39 is 0 Å². The van der Waals surface area contributed by atoms with E-state index in [2.05, 4.69) is 25.8 Å². The molecule has 0 unspecified atom stereocenters. The lowest BCUT2D eigenvalue weighted by atomic mass is 10.1. The fraction of sp³-hybridized carbons (Fsp3) is 0.588. The minimum Gasteiger partial charge on any atom is -0.493 e. The predicted octanol–water partition coefficient (Wildman–Crippen LogP) is 2.12. The van der Waals surface area contributed by atoms with Crippen molar-refractivity contribution in [3.05, 3.63) is 23.8 Å². The Morgan fingerprint density at radius 1 is 1.18 bits per heavy atom. The summed E-state index contributed by atoms with van der Waals surface area (Å²) in [5, 5.41) is 0. The SMILES string of the molecule is COc1cc(C(=O)N2CCN(C)CC2)ccc1OCC(C)C. The molecule has 1 aliphatic heterocycles. The van der Waals surface area contributed by atoms with Gasteiger partial charge < -0.3 is 19.3 Å². The van der Waals surface area contributed by atoms with Gasteiger partial charge in [0.15, 0.2) is 11.5 Å². The van der Waals surface area contributed by atoms with Gasteiger partial charge in [0.1, 0.15) is 0 Å². The number of hydrogen-bond acceptors (Lipinski definition) is 4. The number of piperazine rings is 1. The Morgan fingerprint density at radius 3 is 2.45 bits per heavy atom. The number of carbonyl (C=O) groups is 1. The zero-order valence-electron chi connectivity index (χ0n) is 14.0. The molecule has 5 heteroatoms. The molecule has 22 heavy (non-hydrogen) atoms. The predicted molar refractivity (Wildman–Crippen MR) is 86.7 cm³/mol. The molecular weight excluding hydrogens is 280 g/mol. The average molecular weight is 306 g/mol. The summed E-state index contributed by atoms with van der Waals surface area (Å²) in [5.74, 6) is 1.80. The molecule has 1 aromatic carbocycles. The summed E-state index contributed by atoms with van der Waals surface area (Å²) in [4.78, 5) is 16.7. The first-order chi connectivity index (χ1) is 10.5. The first kappa shape index (κ1) is 16.6. The van der Waals surface area contributed by atoms with Gasteiger partial charge in [-0.1, -0.05) is 13.8 Å². The van der Waals surface area contributed by atoms with Crippen molar-refractivity contribution >= 4 is 5.91 Å². The molecule has 1 aliphatic rings. The van der Waals surface area contributed by atoms with E-state index in [0.29, 0.717) is 29.6 Å². The van der Waals surface area contributed by atoms with Crippen LogP contribution in [-0.2, 0) is 0 Å². The van der Waals surface area contributed by atoms with Gasteiger partial charge in [-0.15, -0.1) is 0 Å². The zero-order chi connectivity index (χ0) is 16.1. The van der Waals surface area contributed by atoms with E-state index in [4.69, 9.17) is 9.47 Å². The molecule has 0 saturated carbocycles. The second-order valence-corrected chi connectivity index (χ2v) is 6.17. The third kappa shape index (κ3) is 4.13. The molecule has 2 rings (SSSR count). The van der Waals surface area contributed by atoms with Crippen LogP contribution in [0.15, 0.2) is 18.2 Å². The number of methoxy groups -OCH3 is 1. The summed E-state index contributed by atoms with van der Waals surface area (Å²) in [5.41, 5.74) is 0.651. The number of likely N-dealkylation sites (N-methyl/N-ethyl adjacent to an activating group) is 1. The van der Waals surface area contributed by atoms with Crippen LogP contribution < -0.4 is 9.47 Å². The normalized spacial score (nSPS) is 16.0. The second-order valence-electron chi connectivity index (χ2n) is 6.17. The van der Waals surface area contributed by atoms with Crippen LogP contribution in [0.3, 0.4) is 0 Å². The van der Waals surface area contributed by atoms with E-state index in [1.807, 2.05) is 17.0 Å². The number of carbonyl (C=O) groups excluding carboxylic acids is 1. The highest BCUT2D eigenvalue weighted by molar-refractivity contribution is 5.95. The van der Waals surface area contributed by atoms with Crippen molar-refractivity contribution < 1.29 is 14.3 Å². The van der Waals surface area contributed by atoms with E-state index in [1.54, 1.807) is 13.2 Å². The minimum absolute atomic E-state index is 0.0572.